The minimum Gasteiger partial charge on any atom is -0.354 e. The van der Waals surface area contributed by atoms with Gasteiger partial charge in [-0.3, -0.25) is 4.79 Å². The highest BCUT2D eigenvalue weighted by molar-refractivity contribution is 6.31. The van der Waals surface area contributed by atoms with Crippen LogP contribution in [0.15, 0.2) is 84.9 Å². The maximum absolute atomic E-state index is 13.8. The standard InChI is InChI=1S/C26H18N2O/c1-28-22-14-8-6-11-17(22)19-15-21-23(18-12-5-7-13-20(18)27-21)24(25(19)28)26(29)16-9-3-2-4-10-16/h2-15,27H,1H3. The SMILES string of the molecule is Cn1c2ccccc2c2cc3[nH]c4ccccc4c3c(C(=O)c3ccccc3)c21. The van der Waals surface area contributed by atoms with E-state index in [4.69, 9.17) is 0 Å². The minimum atomic E-state index is 0.0526. The largest absolute Gasteiger partial charge is 0.354 e. The molecule has 2 heterocycles. The number of benzene rings is 4. The molecule has 0 aliphatic rings. The van der Waals surface area contributed by atoms with Crippen LogP contribution in [0.5, 0.6) is 0 Å². The summed E-state index contributed by atoms with van der Waals surface area (Å²) < 4.78 is 2.15. The summed E-state index contributed by atoms with van der Waals surface area (Å²) in [6.07, 6.45) is 0. The summed E-state index contributed by atoms with van der Waals surface area (Å²) in [4.78, 5) is 17.3. The first-order chi connectivity index (χ1) is 14.2. The predicted octanol–water partition coefficient (Wildman–Crippen LogP) is 6.20. The minimum absolute atomic E-state index is 0.0526. The Hall–Kier alpha value is -3.85. The monoisotopic (exact) mass is 374 g/mol. The summed E-state index contributed by atoms with van der Waals surface area (Å²) in [6, 6.07) is 28.3. The molecule has 0 aliphatic heterocycles. The molecule has 4 aromatic carbocycles. The van der Waals surface area contributed by atoms with Crippen LogP contribution in [0, 0.1) is 0 Å². The summed E-state index contributed by atoms with van der Waals surface area (Å²) in [7, 11) is 2.05. The van der Waals surface area contributed by atoms with Crippen molar-refractivity contribution in [3.63, 3.8) is 0 Å². The Labute approximate surface area is 167 Å². The molecular weight excluding hydrogens is 356 g/mol. The fraction of sp³-hybridized carbons (Fsp3) is 0.0385. The molecule has 0 saturated carbocycles. The maximum Gasteiger partial charge on any atom is 0.195 e. The number of fused-ring (bicyclic) bond motifs is 6. The van der Waals surface area contributed by atoms with E-state index < -0.39 is 0 Å². The molecule has 0 aliphatic carbocycles. The number of aromatic nitrogens is 2. The summed E-state index contributed by atoms with van der Waals surface area (Å²) in [5, 5.41) is 4.33. The highest BCUT2D eigenvalue weighted by Gasteiger charge is 2.23. The highest BCUT2D eigenvalue weighted by atomic mass is 16.1. The number of carbonyl (C=O) groups is 1. The average Bonchev–Trinajstić information content (AvgIpc) is 3.28. The second-order valence-electron chi connectivity index (χ2n) is 7.51. The van der Waals surface area contributed by atoms with Crippen molar-refractivity contribution >= 4 is 49.4 Å². The first-order valence-corrected chi connectivity index (χ1v) is 9.74. The number of aromatic amines is 1. The fourth-order valence-electron chi connectivity index (χ4n) is 4.63. The van der Waals surface area contributed by atoms with Crippen LogP contribution < -0.4 is 0 Å². The molecule has 29 heavy (non-hydrogen) atoms. The molecule has 6 aromatic rings. The smallest absolute Gasteiger partial charge is 0.195 e. The van der Waals surface area contributed by atoms with Crippen molar-refractivity contribution in [2.24, 2.45) is 7.05 Å². The topological polar surface area (TPSA) is 37.8 Å². The van der Waals surface area contributed by atoms with Crippen LogP contribution in [0.2, 0.25) is 0 Å². The number of carbonyl (C=O) groups excluding carboxylic acids is 1. The molecular formula is C26H18N2O. The number of hydrogen-bond donors (Lipinski definition) is 1. The summed E-state index contributed by atoms with van der Waals surface area (Å²) in [5.41, 5.74) is 5.62. The van der Waals surface area contributed by atoms with Gasteiger partial charge >= 0.3 is 0 Å². The van der Waals surface area contributed by atoms with E-state index in [1.54, 1.807) is 0 Å². The Morgan fingerprint density at radius 1 is 0.759 bits per heavy atom. The van der Waals surface area contributed by atoms with Gasteiger partial charge in [-0.05, 0) is 18.2 Å². The lowest BCUT2D eigenvalue weighted by Gasteiger charge is -2.09. The second-order valence-corrected chi connectivity index (χ2v) is 7.51. The number of H-pyrrole nitrogens is 1. The first kappa shape index (κ1) is 16.1. The summed E-state index contributed by atoms with van der Waals surface area (Å²) in [6.45, 7) is 0. The van der Waals surface area contributed by atoms with Crippen LogP contribution in [0.1, 0.15) is 15.9 Å². The Balaban J connectivity index is 1.88. The third-order valence-corrected chi connectivity index (χ3v) is 5.92. The van der Waals surface area contributed by atoms with E-state index in [1.165, 1.54) is 0 Å². The molecule has 0 saturated heterocycles. The summed E-state index contributed by atoms with van der Waals surface area (Å²) in [5.74, 6) is 0.0526. The van der Waals surface area contributed by atoms with E-state index in [9.17, 15) is 4.79 Å². The van der Waals surface area contributed by atoms with E-state index in [-0.39, 0.29) is 5.78 Å². The zero-order valence-electron chi connectivity index (χ0n) is 15.9. The fourth-order valence-corrected chi connectivity index (χ4v) is 4.63. The molecule has 3 heteroatoms. The van der Waals surface area contributed by atoms with Gasteiger partial charge in [0.2, 0.25) is 0 Å². The molecule has 138 valence electrons. The van der Waals surface area contributed by atoms with Gasteiger partial charge in [0.1, 0.15) is 0 Å². The Morgan fingerprint density at radius 2 is 1.45 bits per heavy atom. The van der Waals surface area contributed by atoms with E-state index in [0.29, 0.717) is 5.56 Å². The number of hydrogen-bond acceptors (Lipinski definition) is 1. The van der Waals surface area contributed by atoms with Crippen LogP contribution in [-0.4, -0.2) is 15.3 Å². The number of nitrogens with zero attached hydrogens (tertiary/aromatic N) is 1. The number of aryl methyl sites for hydroxylation is 1. The molecule has 0 unspecified atom stereocenters. The number of nitrogens with one attached hydrogen (secondary N) is 1. The van der Waals surface area contributed by atoms with Crippen molar-refractivity contribution in [1.82, 2.24) is 9.55 Å². The average molecular weight is 374 g/mol. The van der Waals surface area contributed by atoms with Gasteiger partial charge in [0.15, 0.2) is 5.78 Å². The van der Waals surface area contributed by atoms with E-state index in [2.05, 4.69) is 45.9 Å². The summed E-state index contributed by atoms with van der Waals surface area (Å²) >= 11 is 0. The third kappa shape index (κ3) is 2.15. The van der Waals surface area contributed by atoms with Crippen LogP contribution >= 0.6 is 0 Å². The third-order valence-electron chi connectivity index (χ3n) is 5.92. The van der Waals surface area contributed by atoms with Crippen LogP contribution in [0.25, 0.3) is 43.6 Å². The number of para-hydroxylation sites is 2. The molecule has 0 atom stereocenters. The zero-order valence-corrected chi connectivity index (χ0v) is 15.9. The molecule has 0 fully saturated rings. The second kappa shape index (κ2) is 5.82. The molecule has 0 bridgehead atoms. The van der Waals surface area contributed by atoms with Gasteiger partial charge < -0.3 is 9.55 Å². The van der Waals surface area contributed by atoms with E-state index in [0.717, 1.165) is 49.2 Å². The quantitative estimate of drug-likeness (QED) is 0.360. The lowest BCUT2D eigenvalue weighted by molar-refractivity contribution is 0.104. The predicted molar refractivity (Wildman–Crippen MR) is 120 cm³/mol. The van der Waals surface area contributed by atoms with Crippen molar-refractivity contribution in [2.75, 3.05) is 0 Å². The van der Waals surface area contributed by atoms with Crippen molar-refractivity contribution in [3.8, 4) is 0 Å². The molecule has 1 N–H and O–H groups in total. The molecule has 0 amide bonds. The molecule has 0 radical (unpaired) electrons. The van der Waals surface area contributed by atoms with Crippen LogP contribution in [0.4, 0.5) is 0 Å². The Bertz CT molecular complexity index is 1570. The Morgan fingerprint density at radius 3 is 2.28 bits per heavy atom. The van der Waals surface area contributed by atoms with E-state index >= 15 is 0 Å². The Kier molecular flexibility index (Phi) is 3.24. The highest BCUT2D eigenvalue weighted by Crippen LogP contribution is 2.39. The maximum atomic E-state index is 13.8. The molecule has 3 nitrogen and oxygen atoms in total. The van der Waals surface area contributed by atoms with Gasteiger partial charge in [-0.2, -0.15) is 0 Å². The lowest BCUT2D eigenvalue weighted by atomic mass is 9.95. The van der Waals surface area contributed by atoms with Crippen molar-refractivity contribution in [1.29, 1.82) is 0 Å². The lowest BCUT2D eigenvalue weighted by Crippen LogP contribution is -2.05. The zero-order chi connectivity index (χ0) is 19.5. The van der Waals surface area contributed by atoms with Crippen molar-refractivity contribution in [3.05, 3.63) is 96.1 Å². The molecule has 0 spiro atoms. The van der Waals surface area contributed by atoms with Gasteiger partial charge in [0.25, 0.3) is 0 Å². The molecule has 2 aromatic heterocycles. The van der Waals surface area contributed by atoms with Crippen LogP contribution in [-0.2, 0) is 7.05 Å². The van der Waals surface area contributed by atoms with Gasteiger partial charge in [-0.15, -0.1) is 0 Å². The van der Waals surface area contributed by atoms with Crippen molar-refractivity contribution in [2.45, 2.75) is 0 Å². The van der Waals surface area contributed by atoms with Crippen molar-refractivity contribution < 1.29 is 4.79 Å². The van der Waals surface area contributed by atoms with Gasteiger partial charge in [0.05, 0.1) is 11.1 Å². The van der Waals surface area contributed by atoms with Gasteiger partial charge in [0, 0.05) is 50.7 Å². The first-order valence-electron chi connectivity index (χ1n) is 9.74. The number of ketones is 1. The molecule has 6 rings (SSSR count). The van der Waals surface area contributed by atoms with E-state index in [1.807, 2.05) is 55.6 Å². The van der Waals surface area contributed by atoms with Crippen LogP contribution in [0.3, 0.4) is 0 Å². The normalized spacial score (nSPS) is 11.8. The van der Waals surface area contributed by atoms with Gasteiger partial charge in [-0.1, -0.05) is 66.7 Å². The number of rotatable bonds is 2. The van der Waals surface area contributed by atoms with Gasteiger partial charge in [-0.25, -0.2) is 0 Å².